The SMILES string of the molecule is [C+4].[Cu+2].[F-].[F-].[F-].[F-].[F-].[F-]. The Morgan fingerprint density at radius 2 is 0.375 bits per heavy atom. The van der Waals surface area contributed by atoms with Crippen LogP contribution in [0.1, 0.15) is 0 Å². The molecule has 0 aromatic rings. The van der Waals surface area contributed by atoms with Crippen LogP contribution in [0.4, 0.5) is 0 Å². The van der Waals surface area contributed by atoms with Crippen molar-refractivity contribution in [3.8, 4) is 0 Å². The Labute approximate surface area is 53.7 Å². The van der Waals surface area contributed by atoms with Gasteiger partial charge in [0.25, 0.3) is 0 Å². The van der Waals surface area contributed by atoms with Gasteiger partial charge in [-0.3, -0.25) is 0 Å². The standard InChI is InChI=1S/C.Cu.6FH/h;;6*1H/q+4;+2;;;;;;/p-6. The van der Waals surface area contributed by atoms with Crippen LogP contribution in [0.15, 0.2) is 0 Å². The maximum Gasteiger partial charge on any atom is 4.00 e. The van der Waals surface area contributed by atoms with Crippen molar-refractivity contribution in [2.75, 3.05) is 0 Å². The summed E-state index contributed by atoms with van der Waals surface area (Å²) in [6, 6.07) is 0. The van der Waals surface area contributed by atoms with Gasteiger partial charge in [0, 0.05) is 0 Å². The summed E-state index contributed by atoms with van der Waals surface area (Å²) in [6.07, 6.45) is 0. The molecule has 0 aromatic carbocycles. The summed E-state index contributed by atoms with van der Waals surface area (Å²) >= 11 is 0. The van der Waals surface area contributed by atoms with E-state index in [1.54, 1.807) is 0 Å². The molecule has 0 N–H and O–H groups in total. The Balaban J connectivity index is 0. The van der Waals surface area contributed by atoms with Crippen molar-refractivity contribution in [3.05, 3.63) is 7.43 Å². The van der Waals surface area contributed by atoms with Crippen LogP contribution < -0.4 is 28.2 Å². The summed E-state index contributed by atoms with van der Waals surface area (Å²) < 4.78 is 0. The molecule has 0 aromatic heterocycles. The second kappa shape index (κ2) is 26700. The van der Waals surface area contributed by atoms with Crippen molar-refractivity contribution in [2.24, 2.45) is 0 Å². The van der Waals surface area contributed by atoms with Gasteiger partial charge in [0.2, 0.25) is 0 Å². The Morgan fingerprint density at radius 3 is 0.375 bits per heavy atom. The van der Waals surface area contributed by atoms with E-state index in [4.69, 9.17) is 0 Å². The molecule has 0 saturated heterocycles. The van der Waals surface area contributed by atoms with Crippen molar-refractivity contribution >= 4 is 0 Å². The molecule has 0 aliphatic rings. The van der Waals surface area contributed by atoms with E-state index in [9.17, 15) is 0 Å². The van der Waals surface area contributed by atoms with E-state index >= 15 is 0 Å². The fraction of sp³-hybridized carbons (Fsp3) is 0. The first-order valence-corrected chi connectivity index (χ1v) is 0. The zero-order valence-corrected chi connectivity index (χ0v) is 4.01. The summed E-state index contributed by atoms with van der Waals surface area (Å²) in [6.45, 7) is 0. The molecular weight excluding hydrogens is 190 g/mol. The third-order valence-corrected chi connectivity index (χ3v) is 0. The second-order valence-corrected chi connectivity index (χ2v) is 0. The number of hydrogen-bond donors (Lipinski definition) is 0. The number of hydrogen-bond acceptors (Lipinski definition) is 0. The van der Waals surface area contributed by atoms with Gasteiger partial charge in [0.05, 0.1) is 0 Å². The normalized spacial score (nSPS) is 0. The van der Waals surface area contributed by atoms with Gasteiger partial charge in [-0.25, -0.2) is 0 Å². The zero-order valence-electron chi connectivity index (χ0n) is 3.07. The quantitative estimate of drug-likeness (QED) is 0.262. The molecule has 0 rings (SSSR count). The summed E-state index contributed by atoms with van der Waals surface area (Å²) in [5.74, 6) is 0. The van der Waals surface area contributed by atoms with Crippen molar-refractivity contribution in [1.82, 2.24) is 0 Å². The molecule has 0 aliphatic heterocycles. The Morgan fingerprint density at radius 1 is 0.375 bits per heavy atom. The molecule has 0 saturated carbocycles. The van der Waals surface area contributed by atoms with E-state index in [1.165, 1.54) is 0 Å². The monoisotopic (exact) mass is 189 g/mol. The molecule has 1 radical (unpaired) electrons. The third kappa shape index (κ3) is 16000. The smallest absolute Gasteiger partial charge is 1.00 e. The van der Waals surface area contributed by atoms with Crippen LogP contribution >= 0.6 is 0 Å². The van der Waals surface area contributed by atoms with Crippen LogP contribution in [0.5, 0.6) is 0 Å². The maximum absolute atomic E-state index is 0. The molecule has 0 nitrogen and oxygen atoms in total. The Hall–Kier alpha value is 0.0995. The molecule has 0 fully saturated rings. The van der Waals surface area contributed by atoms with E-state index in [0.29, 0.717) is 0 Å². The minimum Gasteiger partial charge on any atom is -1.00 e. The maximum atomic E-state index is 0. The number of halogens is 6. The largest absolute Gasteiger partial charge is 4.00 e. The van der Waals surface area contributed by atoms with Crippen LogP contribution in [0.3, 0.4) is 0 Å². The first-order chi connectivity index (χ1) is 0. The van der Waals surface area contributed by atoms with Crippen LogP contribution in [0, 0.1) is 7.43 Å². The first kappa shape index (κ1) is 41300. The molecule has 0 aliphatic carbocycles. The van der Waals surface area contributed by atoms with E-state index in [2.05, 4.69) is 0 Å². The predicted octanol–water partition coefficient (Wildman–Crippen LogP) is -17.9. The average molecular weight is 190 g/mol. The molecule has 8 heavy (non-hydrogen) atoms. The van der Waals surface area contributed by atoms with Gasteiger partial charge < -0.3 is 28.2 Å². The summed E-state index contributed by atoms with van der Waals surface area (Å²) in [5.41, 5.74) is 0. The minimum atomic E-state index is 0. The zero-order chi connectivity index (χ0) is 0. The fourth-order valence-electron chi connectivity index (χ4n) is 0. The van der Waals surface area contributed by atoms with E-state index in [1.807, 2.05) is 0 Å². The van der Waals surface area contributed by atoms with Crippen molar-refractivity contribution in [3.63, 3.8) is 0 Å². The van der Waals surface area contributed by atoms with Crippen molar-refractivity contribution < 1.29 is 45.3 Å². The molecule has 0 unspecified atom stereocenters. The molecule has 57 valence electrons. The van der Waals surface area contributed by atoms with Crippen LogP contribution in [-0.4, -0.2) is 0 Å². The molecule has 0 heterocycles. The molecule has 0 amide bonds. The Bertz CT molecular complexity index is 8.49. The summed E-state index contributed by atoms with van der Waals surface area (Å²) in [5, 5.41) is 0. The molecular formula is CCuF6. The number of rotatable bonds is 0. The van der Waals surface area contributed by atoms with E-state index < -0.39 is 0 Å². The van der Waals surface area contributed by atoms with Crippen LogP contribution in [0.25, 0.3) is 0 Å². The Kier molecular flexibility index (Phi) is 138000000. The van der Waals surface area contributed by atoms with E-state index in [-0.39, 0.29) is 52.7 Å². The topological polar surface area (TPSA) is 0 Å². The summed E-state index contributed by atoms with van der Waals surface area (Å²) in [4.78, 5) is 0. The van der Waals surface area contributed by atoms with Gasteiger partial charge in [-0.05, 0) is 0 Å². The van der Waals surface area contributed by atoms with Gasteiger partial charge in [-0.15, -0.1) is 0 Å². The third-order valence-electron chi connectivity index (χ3n) is 0. The van der Waals surface area contributed by atoms with Crippen molar-refractivity contribution in [2.45, 2.75) is 0 Å². The summed E-state index contributed by atoms with van der Waals surface area (Å²) in [7, 11) is 0. The first-order valence-electron chi connectivity index (χ1n) is 0. The predicted molar refractivity (Wildman–Crippen MR) is 3.24 cm³/mol. The molecule has 0 bridgehead atoms. The van der Waals surface area contributed by atoms with Gasteiger partial charge in [-0.2, -0.15) is 0 Å². The van der Waals surface area contributed by atoms with Crippen molar-refractivity contribution in [1.29, 1.82) is 0 Å². The second-order valence-electron chi connectivity index (χ2n) is 0. The van der Waals surface area contributed by atoms with Crippen LogP contribution in [0.2, 0.25) is 0 Å². The molecule has 0 spiro atoms. The molecule has 0 atom stereocenters. The minimum absolute atomic E-state index is 0. The van der Waals surface area contributed by atoms with Crippen LogP contribution in [-0.2, 0) is 17.1 Å². The fourth-order valence-corrected chi connectivity index (χ4v) is 0. The molecule has 7 heteroatoms. The van der Waals surface area contributed by atoms with E-state index in [0.717, 1.165) is 0 Å². The van der Waals surface area contributed by atoms with Gasteiger partial charge in [-0.1, -0.05) is 0 Å². The van der Waals surface area contributed by atoms with Gasteiger partial charge in [0.1, 0.15) is 0 Å². The average Bonchev–Trinajstić information content (AvgIpc) is 0. The van der Waals surface area contributed by atoms with Gasteiger partial charge in [0.15, 0.2) is 0 Å². The van der Waals surface area contributed by atoms with Gasteiger partial charge >= 0.3 is 24.5 Å².